The summed E-state index contributed by atoms with van der Waals surface area (Å²) < 4.78 is 12.7. The third-order valence-corrected chi connectivity index (χ3v) is 6.40. The van der Waals surface area contributed by atoms with Crippen LogP contribution in [0.2, 0.25) is 5.02 Å². The zero-order chi connectivity index (χ0) is 21.4. The highest BCUT2D eigenvalue weighted by molar-refractivity contribution is 6.98. The molecule has 0 bridgehead atoms. The normalized spacial score (nSPS) is 14.3. The molecule has 2 aliphatic rings. The zero-order valence-electron chi connectivity index (χ0n) is 18.4. The van der Waals surface area contributed by atoms with Gasteiger partial charge in [-0.1, -0.05) is 77.4 Å². The molecule has 3 aromatic carbocycles. The monoisotopic (exact) mass is 416 g/mol. The van der Waals surface area contributed by atoms with Gasteiger partial charge in [0.05, 0.1) is 0 Å². The molecule has 2 heterocycles. The summed E-state index contributed by atoms with van der Waals surface area (Å²) in [7, 11) is 0. The van der Waals surface area contributed by atoms with Crippen LogP contribution in [0.25, 0.3) is 0 Å². The van der Waals surface area contributed by atoms with Crippen LogP contribution in [-0.4, -0.2) is 6.71 Å². The molecule has 2 aliphatic heterocycles. The molecule has 0 radical (unpaired) electrons. The Bertz CT molecular complexity index is 1100. The lowest BCUT2D eigenvalue weighted by molar-refractivity contribution is 0.461. The molecule has 0 aromatic heterocycles. The summed E-state index contributed by atoms with van der Waals surface area (Å²) in [5.41, 5.74) is 6.01. The molecule has 0 spiro atoms. The molecule has 2 nitrogen and oxygen atoms in total. The highest BCUT2D eigenvalue weighted by atomic mass is 35.5. The van der Waals surface area contributed by atoms with Crippen LogP contribution in [0.5, 0.6) is 23.0 Å². The lowest BCUT2D eigenvalue weighted by atomic mass is 9.34. The van der Waals surface area contributed by atoms with Crippen molar-refractivity contribution in [1.29, 1.82) is 0 Å². The second-order valence-corrected chi connectivity index (χ2v) is 10.9. The number of rotatable bonds is 0. The summed E-state index contributed by atoms with van der Waals surface area (Å²) in [5, 5.41) is 0.619. The standard InChI is InChI=1S/C26H26BClO2/c1-25(2,3)15-7-9-18-20(11-15)29-22-13-17(28)14-23-24(22)27(18)19-10-8-16(26(4,5)6)12-21(19)30-23/h7-14H,1-6H3. The van der Waals surface area contributed by atoms with Gasteiger partial charge in [0.25, 0.3) is 6.71 Å². The van der Waals surface area contributed by atoms with Crippen LogP contribution < -0.4 is 25.9 Å². The van der Waals surface area contributed by atoms with Crippen LogP contribution in [0.3, 0.4) is 0 Å². The third kappa shape index (κ3) is 3.03. The van der Waals surface area contributed by atoms with Crippen LogP contribution >= 0.6 is 11.6 Å². The van der Waals surface area contributed by atoms with Crippen molar-refractivity contribution in [3.8, 4) is 23.0 Å². The minimum absolute atomic E-state index is 0.0490. The minimum atomic E-state index is 0.0490. The van der Waals surface area contributed by atoms with E-state index >= 15 is 0 Å². The minimum Gasteiger partial charge on any atom is -0.458 e. The summed E-state index contributed by atoms with van der Waals surface area (Å²) in [4.78, 5) is 0. The zero-order valence-corrected chi connectivity index (χ0v) is 19.1. The van der Waals surface area contributed by atoms with Crippen molar-refractivity contribution in [2.45, 2.75) is 52.4 Å². The first kappa shape index (κ1) is 19.6. The van der Waals surface area contributed by atoms with E-state index < -0.39 is 0 Å². The lowest BCUT2D eigenvalue weighted by Crippen LogP contribution is -2.57. The lowest BCUT2D eigenvalue weighted by Gasteiger charge is -2.34. The van der Waals surface area contributed by atoms with Gasteiger partial charge in [-0.25, -0.2) is 0 Å². The average Bonchev–Trinajstić information content (AvgIpc) is 2.64. The number of fused-ring (bicyclic) bond motifs is 4. The van der Waals surface area contributed by atoms with Crippen LogP contribution in [0, 0.1) is 0 Å². The Labute approximate surface area is 184 Å². The van der Waals surface area contributed by atoms with Gasteiger partial charge in [0.2, 0.25) is 0 Å². The van der Waals surface area contributed by atoms with Gasteiger partial charge in [-0.3, -0.25) is 0 Å². The molecule has 0 fully saturated rings. The number of hydrogen-bond donors (Lipinski definition) is 0. The Morgan fingerprint density at radius 2 is 1.07 bits per heavy atom. The van der Waals surface area contributed by atoms with Crippen LogP contribution in [0.1, 0.15) is 52.7 Å². The Balaban J connectivity index is 1.75. The molecule has 0 atom stereocenters. The summed E-state index contributed by atoms with van der Waals surface area (Å²) in [6.07, 6.45) is 0. The molecule has 0 saturated carbocycles. The van der Waals surface area contributed by atoms with Gasteiger partial charge in [0.1, 0.15) is 23.0 Å². The quantitative estimate of drug-likeness (QED) is 0.303. The largest absolute Gasteiger partial charge is 0.458 e. The topological polar surface area (TPSA) is 18.5 Å². The molecule has 0 saturated heterocycles. The molecule has 0 aliphatic carbocycles. The highest BCUT2D eigenvalue weighted by Crippen LogP contribution is 2.38. The summed E-state index contributed by atoms with van der Waals surface area (Å²) >= 11 is 6.43. The molecule has 0 amide bonds. The first-order chi connectivity index (χ1) is 14.0. The van der Waals surface area contributed by atoms with Gasteiger partial charge >= 0.3 is 0 Å². The maximum atomic E-state index is 6.43. The van der Waals surface area contributed by atoms with Gasteiger partial charge < -0.3 is 9.47 Å². The van der Waals surface area contributed by atoms with Crippen molar-refractivity contribution in [1.82, 2.24) is 0 Å². The van der Waals surface area contributed by atoms with Crippen LogP contribution in [0.4, 0.5) is 0 Å². The van der Waals surface area contributed by atoms with E-state index in [-0.39, 0.29) is 17.5 Å². The highest BCUT2D eigenvalue weighted by Gasteiger charge is 2.41. The Kier molecular flexibility index (Phi) is 4.12. The fourth-order valence-corrected chi connectivity index (χ4v) is 4.59. The van der Waals surface area contributed by atoms with E-state index in [1.54, 1.807) is 0 Å². The van der Waals surface area contributed by atoms with Crippen LogP contribution in [0.15, 0.2) is 48.5 Å². The summed E-state index contributed by atoms with van der Waals surface area (Å²) in [5.74, 6) is 3.37. The Hall–Kier alpha value is -2.39. The maximum Gasteiger partial charge on any atom is 0.260 e. The first-order valence-electron chi connectivity index (χ1n) is 10.5. The number of hydrogen-bond acceptors (Lipinski definition) is 2. The van der Waals surface area contributed by atoms with Gasteiger partial charge in [-0.2, -0.15) is 0 Å². The Morgan fingerprint density at radius 1 is 0.633 bits per heavy atom. The Morgan fingerprint density at radius 3 is 1.47 bits per heavy atom. The third-order valence-electron chi connectivity index (χ3n) is 6.18. The first-order valence-corrected chi connectivity index (χ1v) is 10.9. The van der Waals surface area contributed by atoms with E-state index in [4.69, 9.17) is 21.1 Å². The second kappa shape index (κ2) is 6.31. The molecule has 3 aromatic rings. The molecule has 0 N–H and O–H groups in total. The van der Waals surface area contributed by atoms with E-state index in [0.717, 1.165) is 28.5 Å². The van der Waals surface area contributed by atoms with Gasteiger partial charge in [0, 0.05) is 10.5 Å². The average molecular weight is 417 g/mol. The molecule has 5 rings (SSSR count). The SMILES string of the molecule is CC(C)(C)c1ccc2c(c1)Oc1cc(Cl)cc3c1B2c1ccc(C(C)(C)C)cc1O3. The second-order valence-electron chi connectivity index (χ2n) is 10.5. The molecule has 152 valence electrons. The maximum absolute atomic E-state index is 6.43. The van der Waals surface area contributed by atoms with Crippen molar-refractivity contribution in [3.05, 3.63) is 64.7 Å². The smallest absolute Gasteiger partial charge is 0.260 e. The van der Waals surface area contributed by atoms with Crippen LogP contribution in [-0.2, 0) is 10.8 Å². The molecule has 30 heavy (non-hydrogen) atoms. The molecule has 0 unspecified atom stereocenters. The summed E-state index contributed by atoms with van der Waals surface area (Å²) in [6, 6.07) is 17.0. The van der Waals surface area contributed by atoms with E-state index in [2.05, 4.69) is 77.9 Å². The van der Waals surface area contributed by atoms with Gasteiger partial charge in [-0.15, -0.1) is 0 Å². The van der Waals surface area contributed by atoms with Crippen molar-refractivity contribution >= 4 is 34.7 Å². The van der Waals surface area contributed by atoms with Gasteiger partial charge in [0.15, 0.2) is 0 Å². The van der Waals surface area contributed by atoms with E-state index in [0.29, 0.717) is 5.02 Å². The number of benzene rings is 3. The number of halogens is 1. The van der Waals surface area contributed by atoms with Crippen molar-refractivity contribution < 1.29 is 9.47 Å². The van der Waals surface area contributed by atoms with E-state index in [1.807, 2.05) is 12.1 Å². The van der Waals surface area contributed by atoms with Gasteiger partial charge in [-0.05, 0) is 57.1 Å². The fraction of sp³-hybridized carbons (Fsp3) is 0.308. The predicted octanol–water partition coefficient (Wildman–Crippen LogP) is 5.66. The molecule has 4 heteroatoms. The molecular formula is C26H26BClO2. The van der Waals surface area contributed by atoms with Crippen molar-refractivity contribution in [2.75, 3.05) is 0 Å². The van der Waals surface area contributed by atoms with Crippen molar-refractivity contribution in [3.63, 3.8) is 0 Å². The predicted molar refractivity (Wildman–Crippen MR) is 127 cm³/mol. The van der Waals surface area contributed by atoms with E-state index in [9.17, 15) is 0 Å². The molecular weight excluding hydrogens is 391 g/mol. The van der Waals surface area contributed by atoms with E-state index in [1.165, 1.54) is 22.1 Å². The summed E-state index contributed by atoms with van der Waals surface area (Å²) in [6.45, 7) is 13.4. The van der Waals surface area contributed by atoms with Crippen molar-refractivity contribution in [2.24, 2.45) is 0 Å². The number of ether oxygens (including phenoxy) is 2. The fourth-order valence-electron chi connectivity index (χ4n) is 4.39.